The monoisotopic (exact) mass is 371 g/mol. The van der Waals surface area contributed by atoms with E-state index in [1.165, 1.54) is 0 Å². The number of rotatable bonds is 6. The van der Waals surface area contributed by atoms with E-state index in [9.17, 15) is 4.79 Å². The molecule has 28 heavy (non-hydrogen) atoms. The second kappa shape index (κ2) is 7.96. The Morgan fingerprint density at radius 2 is 1.68 bits per heavy atom. The Morgan fingerprint density at radius 3 is 2.43 bits per heavy atom. The van der Waals surface area contributed by atoms with Crippen LogP contribution in [0.15, 0.2) is 78.9 Å². The molecule has 0 atom stereocenters. The minimum atomic E-state index is -0.0784. The second-order valence-electron chi connectivity index (χ2n) is 6.54. The van der Waals surface area contributed by atoms with Crippen molar-refractivity contribution in [2.75, 3.05) is 12.4 Å². The highest BCUT2D eigenvalue weighted by Crippen LogP contribution is 2.20. The second-order valence-corrected chi connectivity index (χ2v) is 6.54. The number of benzene rings is 3. The van der Waals surface area contributed by atoms with Crippen molar-refractivity contribution in [3.8, 4) is 5.75 Å². The van der Waals surface area contributed by atoms with Crippen molar-refractivity contribution in [1.82, 2.24) is 9.55 Å². The summed E-state index contributed by atoms with van der Waals surface area (Å²) in [5.74, 6) is 1.60. The van der Waals surface area contributed by atoms with Gasteiger partial charge >= 0.3 is 0 Å². The van der Waals surface area contributed by atoms with E-state index in [0.717, 1.165) is 33.9 Å². The minimum Gasteiger partial charge on any atom is -0.497 e. The van der Waals surface area contributed by atoms with Crippen LogP contribution in [0.2, 0.25) is 0 Å². The molecule has 1 N–H and O–H groups in total. The molecule has 1 amide bonds. The molecular formula is C23H21N3O2. The summed E-state index contributed by atoms with van der Waals surface area (Å²) in [6.45, 7) is 0.209. The molecule has 0 radical (unpaired) electrons. The van der Waals surface area contributed by atoms with Gasteiger partial charge in [0.05, 0.1) is 18.1 Å². The standard InChI is InChI=1S/C23H21N3O2/c1-28-19-13-11-17(12-14-19)15-22-25-20-9-5-6-10-21(20)26(22)16-23(27)24-18-7-3-2-4-8-18/h2-14H,15-16H2,1H3,(H,24,27). The third-order valence-corrected chi connectivity index (χ3v) is 4.61. The summed E-state index contributed by atoms with van der Waals surface area (Å²) in [5.41, 5.74) is 3.74. The van der Waals surface area contributed by atoms with Crippen molar-refractivity contribution < 1.29 is 9.53 Å². The number of anilines is 1. The highest BCUT2D eigenvalue weighted by Gasteiger charge is 2.14. The van der Waals surface area contributed by atoms with Gasteiger partial charge in [0.2, 0.25) is 5.91 Å². The van der Waals surface area contributed by atoms with E-state index in [-0.39, 0.29) is 12.5 Å². The number of ether oxygens (including phenoxy) is 1. The van der Waals surface area contributed by atoms with Crippen molar-refractivity contribution >= 4 is 22.6 Å². The third kappa shape index (κ3) is 3.88. The third-order valence-electron chi connectivity index (χ3n) is 4.61. The zero-order chi connectivity index (χ0) is 19.3. The van der Waals surface area contributed by atoms with Crippen LogP contribution in [0, 0.1) is 0 Å². The Kier molecular flexibility index (Phi) is 5.06. The molecule has 5 heteroatoms. The molecule has 0 spiro atoms. The molecular weight excluding hydrogens is 350 g/mol. The number of nitrogens with zero attached hydrogens (tertiary/aromatic N) is 2. The first-order valence-electron chi connectivity index (χ1n) is 9.15. The van der Waals surface area contributed by atoms with Crippen molar-refractivity contribution in [2.45, 2.75) is 13.0 Å². The number of aromatic nitrogens is 2. The van der Waals surface area contributed by atoms with Crippen LogP contribution in [0.3, 0.4) is 0 Å². The molecule has 4 rings (SSSR count). The van der Waals surface area contributed by atoms with Crippen molar-refractivity contribution in [3.63, 3.8) is 0 Å². The molecule has 0 aliphatic carbocycles. The highest BCUT2D eigenvalue weighted by molar-refractivity contribution is 5.91. The van der Waals surface area contributed by atoms with Gasteiger partial charge in [-0.15, -0.1) is 0 Å². The van der Waals surface area contributed by atoms with Crippen LogP contribution < -0.4 is 10.1 Å². The zero-order valence-corrected chi connectivity index (χ0v) is 15.6. The van der Waals surface area contributed by atoms with Gasteiger partial charge in [-0.2, -0.15) is 0 Å². The minimum absolute atomic E-state index is 0.0784. The Labute approximate surface area is 163 Å². The maximum atomic E-state index is 12.6. The number of methoxy groups -OCH3 is 1. The number of nitrogens with one attached hydrogen (secondary N) is 1. The summed E-state index contributed by atoms with van der Waals surface area (Å²) in [5, 5.41) is 2.95. The quantitative estimate of drug-likeness (QED) is 0.551. The summed E-state index contributed by atoms with van der Waals surface area (Å²) >= 11 is 0. The predicted molar refractivity (Wildman–Crippen MR) is 111 cm³/mol. The summed E-state index contributed by atoms with van der Waals surface area (Å²) in [7, 11) is 1.65. The van der Waals surface area contributed by atoms with Crippen LogP contribution in [-0.4, -0.2) is 22.6 Å². The van der Waals surface area contributed by atoms with Gasteiger partial charge in [-0.1, -0.05) is 42.5 Å². The average Bonchev–Trinajstić information content (AvgIpc) is 3.06. The van der Waals surface area contributed by atoms with E-state index in [1.807, 2.05) is 83.4 Å². The van der Waals surface area contributed by atoms with Crippen molar-refractivity contribution in [1.29, 1.82) is 0 Å². The zero-order valence-electron chi connectivity index (χ0n) is 15.6. The maximum Gasteiger partial charge on any atom is 0.244 e. The van der Waals surface area contributed by atoms with Gasteiger partial charge in [-0.05, 0) is 42.0 Å². The first kappa shape index (κ1) is 17.8. The number of hydrogen-bond donors (Lipinski definition) is 1. The summed E-state index contributed by atoms with van der Waals surface area (Å²) < 4.78 is 7.21. The molecule has 0 saturated carbocycles. The SMILES string of the molecule is COc1ccc(Cc2nc3ccccc3n2CC(=O)Nc2ccccc2)cc1. The van der Waals surface area contributed by atoms with E-state index in [4.69, 9.17) is 9.72 Å². The smallest absolute Gasteiger partial charge is 0.244 e. The van der Waals surface area contributed by atoms with Crippen molar-refractivity contribution in [2.24, 2.45) is 0 Å². The fourth-order valence-corrected chi connectivity index (χ4v) is 3.23. The van der Waals surface area contributed by atoms with E-state index >= 15 is 0 Å². The molecule has 0 aliphatic heterocycles. The lowest BCUT2D eigenvalue weighted by molar-refractivity contribution is -0.116. The van der Waals surface area contributed by atoms with E-state index in [1.54, 1.807) is 7.11 Å². The fraction of sp³-hybridized carbons (Fsp3) is 0.130. The summed E-state index contributed by atoms with van der Waals surface area (Å²) in [6, 6.07) is 25.3. The normalized spacial score (nSPS) is 10.8. The molecule has 5 nitrogen and oxygen atoms in total. The fourth-order valence-electron chi connectivity index (χ4n) is 3.23. The van der Waals surface area contributed by atoms with Crippen LogP contribution in [0.1, 0.15) is 11.4 Å². The average molecular weight is 371 g/mol. The molecule has 3 aromatic carbocycles. The van der Waals surface area contributed by atoms with Crippen LogP contribution in [0.25, 0.3) is 11.0 Å². The lowest BCUT2D eigenvalue weighted by Gasteiger charge is -2.10. The van der Waals surface area contributed by atoms with Crippen LogP contribution in [-0.2, 0) is 17.8 Å². The maximum absolute atomic E-state index is 12.6. The number of para-hydroxylation sites is 3. The lowest BCUT2D eigenvalue weighted by atomic mass is 10.1. The van der Waals surface area contributed by atoms with Gasteiger partial charge in [0.1, 0.15) is 18.1 Å². The molecule has 0 unspecified atom stereocenters. The van der Waals surface area contributed by atoms with E-state index < -0.39 is 0 Å². The Balaban J connectivity index is 1.62. The molecule has 0 saturated heterocycles. The van der Waals surface area contributed by atoms with Crippen molar-refractivity contribution in [3.05, 3.63) is 90.3 Å². The molecule has 4 aromatic rings. The van der Waals surface area contributed by atoms with Gasteiger partial charge in [-0.3, -0.25) is 4.79 Å². The number of hydrogen-bond acceptors (Lipinski definition) is 3. The van der Waals surface area contributed by atoms with Crippen LogP contribution in [0.4, 0.5) is 5.69 Å². The van der Waals surface area contributed by atoms with Crippen LogP contribution in [0.5, 0.6) is 5.75 Å². The molecule has 0 bridgehead atoms. The molecule has 1 heterocycles. The molecule has 140 valence electrons. The van der Waals surface area contributed by atoms with Gasteiger partial charge < -0.3 is 14.6 Å². The molecule has 1 aromatic heterocycles. The number of amides is 1. The summed E-state index contributed by atoms with van der Waals surface area (Å²) in [4.78, 5) is 17.4. The lowest BCUT2D eigenvalue weighted by Crippen LogP contribution is -2.20. The molecule has 0 fully saturated rings. The molecule has 0 aliphatic rings. The Hall–Kier alpha value is -3.60. The first-order valence-corrected chi connectivity index (χ1v) is 9.15. The number of carbonyl (C=O) groups is 1. The van der Waals surface area contributed by atoms with Gasteiger partial charge in [0.25, 0.3) is 0 Å². The van der Waals surface area contributed by atoms with Gasteiger partial charge in [-0.25, -0.2) is 4.98 Å². The highest BCUT2D eigenvalue weighted by atomic mass is 16.5. The predicted octanol–water partition coefficient (Wildman–Crippen LogP) is 4.27. The van der Waals surface area contributed by atoms with E-state index in [0.29, 0.717) is 6.42 Å². The topological polar surface area (TPSA) is 56.2 Å². The Morgan fingerprint density at radius 1 is 0.964 bits per heavy atom. The largest absolute Gasteiger partial charge is 0.497 e. The van der Waals surface area contributed by atoms with Gasteiger partial charge in [0, 0.05) is 12.1 Å². The number of imidazole rings is 1. The number of fused-ring (bicyclic) bond motifs is 1. The summed E-state index contributed by atoms with van der Waals surface area (Å²) in [6.07, 6.45) is 0.636. The number of carbonyl (C=O) groups excluding carboxylic acids is 1. The van der Waals surface area contributed by atoms with Crippen LogP contribution >= 0.6 is 0 Å². The Bertz CT molecular complexity index is 1090. The first-order chi connectivity index (χ1) is 13.7. The van der Waals surface area contributed by atoms with E-state index in [2.05, 4.69) is 5.32 Å². The van der Waals surface area contributed by atoms with Gasteiger partial charge in [0.15, 0.2) is 0 Å².